The third-order valence-corrected chi connectivity index (χ3v) is 9.08. The average molecular weight is 715 g/mol. The minimum atomic E-state index is -0.521. The fraction of sp³-hybridized carbons (Fsp3) is 0.579. The molecule has 0 radical (unpaired) electrons. The molecular weight excluding hydrogens is 653 g/mol. The molecule has 4 rings (SSSR count). The second-order valence-electron chi connectivity index (χ2n) is 12.9. The van der Waals surface area contributed by atoms with Crippen molar-refractivity contribution >= 4 is 29.6 Å². The number of thiazole rings is 1. The van der Waals surface area contributed by atoms with Gasteiger partial charge in [-0.05, 0) is 62.3 Å². The minimum absolute atomic E-state index is 0.00149. The molecule has 2 aliphatic rings. The minimum Gasteiger partial charge on any atom is -0.508 e. The summed E-state index contributed by atoms with van der Waals surface area (Å²) in [5.74, 6) is 0.0390. The summed E-state index contributed by atoms with van der Waals surface area (Å²) in [6.45, 7) is 25.9. The van der Waals surface area contributed by atoms with Gasteiger partial charge in [0, 0.05) is 51.9 Å². The maximum Gasteiger partial charge on any atom is 0.246 e. The van der Waals surface area contributed by atoms with E-state index in [0.717, 1.165) is 63.4 Å². The van der Waals surface area contributed by atoms with Crippen molar-refractivity contribution in [3.05, 3.63) is 65.5 Å². The highest BCUT2D eigenvalue weighted by Crippen LogP contribution is 2.27. The van der Waals surface area contributed by atoms with Gasteiger partial charge in [0.1, 0.15) is 18.4 Å². The number of aromatic nitrogens is 1. The summed E-state index contributed by atoms with van der Waals surface area (Å²) in [5.41, 5.74) is 4.85. The molecule has 1 aromatic carbocycles. The standard InChI is InChI=1S/C19H36N4O3.C12H12N2OS.C5H8O.C2H6/c1-15-6-5-9-23(15)18(25)17(19(2,3)4)21-16(24)14-26-13-12-22-10-7-20-8-11-22;1-9-12(16-8-14-9)11-4-2-10(3-5-11)6-13-7-15;1-3-5(6)4-2;1-2/h15,17,20H,5-14H2,1-4H3,(H,21,24);2-5,7-8H,6H2,1H3,(H,13,15);3-4,6H,1H2,2H3;1-2H3/b;;5-4+;. The number of nitrogens with one attached hydrogen (secondary N) is 3. The van der Waals surface area contributed by atoms with Gasteiger partial charge in [0.05, 0.1) is 22.7 Å². The Bertz CT molecular complexity index is 1300. The topological polar surface area (TPSA) is 136 Å². The molecule has 12 heteroatoms. The normalized spacial score (nSPS) is 16.7. The number of hydrogen-bond donors (Lipinski definition) is 4. The van der Waals surface area contributed by atoms with Gasteiger partial charge in [-0.1, -0.05) is 65.5 Å². The van der Waals surface area contributed by atoms with Crippen molar-refractivity contribution in [2.24, 2.45) is 5.41 Å². The molecule has 1 aromatic heterocycles. The molecule has 2 unspecified atom stereocenters. The largest absolute Gasteiger partial charge is 0.508 e. The fourth-order valence-corrected chi connectivity index (χ4v) is 6.01. The van der Waals surface area contributed by atoms with Crippen LogP contribution in [0.5, 0.6) is 0 Å². The number of piperazine rings is 1. The molecule has 2 aliphatic heterocycles. The molecule has 2 atom stereocenters. The lowest BCUT2D eigenvalue weighted by Crippen LogP contribution is -2.56. The Hall–Kier alpha value is -3.58. The summed E-state index contributed by atoms with van der Waals surface area (Å²) in [6.07, 6.45) is 5.74. The first kappa shape index (κ1) is 44.4. The van der Waals surface area contributed by atoms with Gasteiger partial charge in [0.15, 0.2) is 0 Å². The van der Waals surface area contributed by atoms with Crippen LogP contribution in [-0.4, -0.2) is 103 Å². The van der Waals surface area contributed by atoms with Crippen molar-refractivity contribution in [2.45, 2.75) is 86.9 Å². The molecule has 0 bridgehead atoms. The van der Waals surface area contributed by atoms with Crippen molar-refractivity contribution in [1.29, 1.82) is 0 Å². The van der Waals surface area contributed by atoms with Crippen LogP contribution >= 0.6 is 11.3 Å². The second kappa shape index (κ2) is 24.5. The SMILES string of the molecule is C=C/C(O)=C\C.CC.CC1CCCN1C(=O)C(NC(=O)COCCN1CCNCC1)C(C)(C)C.Cc1ncsc1-c1ccc(CNC=O)cc1. The van der Waals surface area contributed by atoms with E-state index in [0.29, 0.717) is 19.6 Å². The highest BCUT2D eigenvalue weighted by Gasteiger charge is 2.38. The first-order valence-electron chi connectivity index (χ1n) is 17.7. The van der Waals surface area contributed by atoms with E-state index >= 15 is 0 Å². The van der Waals surface area contributed by atoms with E-state index in [2.05, 4.69) is 51.5 Å². The zero-order valence-corrected chi connectivity index (χ0v) is 32.4. The third-order valence-electron chi connectivity index (χ3n) is 8.11. The smallest absolute Gasteiger partial charge is 0.246 e. The number of allylic oxidation sites excluding steroid dienone is 2. The number of carbonyl (C=O) groups is 3. The molecule has 2 fully saturated rings. The predicted molar refractivity (Wildman–Crippen MR) is 205 cm³/mol. The molecule has 0 aliphatic carbocycles. The number of nitrogens with zero attached hydrogens (tertiary/aromatic N) is 3. The monoisotopic (exact) mass is 714 g/mol. The lowest BCUT2D eigenvalue weighted by molar-refractivity contribution is -0.141. The number of aliphatic hydroxyl groups excluding tert-OH is 1. The molecule has 3 amide bonds. The quantitative estimate of drug-likeness (QED) is 0.0984. The van der Waals surface area contributed by atoms with Gasteiger partial charge in [-0.25, -0.2) is 4.98 Å². The van der Waals surface area contributed by atoms with Gasteiger partial charge in [-0.15, -0.1) is 11.3 Å². The van der Waals surface area contributed by atoms with E-state index in [-0.39, 0.29) is 35.6 Å². The number of hydrogen-bond acceptors (Lipinski definition) is 9. The van der Waals surface area contributed by atoms with E-state index in [9.17, 15) is 14.4 Å². The molecule has 0 saturated carbocycles. The first-order chi connectivity index (χ1) is 23.9. The van der Waals surface area contributed by atoms with Crippen LogP contribution < -0.4 is 16.0 Å². The number of benzene rings is 1. The van der Waals surface area contributed by atoms with Crippen molar-refractivity contribution in [2.75, 3.05) is 52.5 Å². The Morgan fingerprint density at radius 3 is 2.32 bits per heavy atom. The van der Waals surface area contributed by atoms with Gasteiger partial charge in [-0.2, -0.15) is 0 Å². The first-order valence-corrected chi connectivity index (χ1v) is 18.5. The Labute approximate surface area is 304 Å². The van der Waals surface area contributed by atoms with Gasteiger partial charge in [0.25, 0.3) is 0 Å². The van der Waals surface area contributed by atoms with Crippen LogP contribution in [0.3, 0.4) is 0 Å². The van der Waals surface area contributed by atoms with Crippen molar-refractivity contribution in [3.8, 4) is 10.4 Å². The number of likely N-dealkylation sites (tertiary alicyclic amines) is 1. The van der Waals surface area contributed by atoms with Crippen molar-refractivity contribution < 1.29 is 24.2 Å². The second-order valence-corrected chi connectivity index (χ2v) is 13.8. The molecule has 280 valence electrons. The number of rotatable bonds is 12. The summed E-state index contributed by atoms with van der Waals surface area (Å²) in [6, 6.07) is 7.88. The van der Waals surface area contributed by atoms with Crippen LogP contribution in [0.1, 0.15) is 72.6 Å². The Morgan fingerprint density at radius 2 is 1.84 bits per heavy atom. The van der Waals surface area contributed by atoms with Crippen LogP contribution in [-0.2, 0) is 25.7 Å². The van der Waals surface area contributed by atoms with Gasteiger partial charge in [-0.3, -0.25) is 19.3 Å². The number of ether oxygens (including phenoxy) is 1. The maximum absolute atomic E-state index is 12.9. The Kier molecular flexibility index (Phi) is 21.8. The summed E-state index contributed by atoms with van der Waals surface area (Å²) >= 11 is 1.64. The van der Waals surface area contributed by atoms with Gasteiger partial charge < -0.3 is 30.7 Å². The summed E-state index contributed by atoms with van der Waals surface area (Å²) in [7, 11) is 0. The van der Waals surface area contributed by atoms with E-state index in [4.69, 9.17) is 9.84 Å². The number of aryl methyl sites for hydroxylation is 1. The van der Waals surface area contributed by atoms with E-state index in [1.807, 2.05) is 64.1 Å². The molecule has 2 saturated heterocycles. The highest BCUT2D eigenvalue weighted by atomic mass is 32.1. The Morgan fingerprint density at radius 1 is 1.18 bits per heavy atom. The molecule has 4 N–H and O–H groups in total. The predicted octanol–water partition coefficient (Wildman–Crippen LogP) is 5.47. The van der Waals surface area contributed by atoms with Crippen LogP contribution in [0.2, 0.25) is 0 Å². The maximum atomic E-state index is 12.9. The van der Waals surface area contributed by atoms with Crippen LogP contribution in [0.15, 0.2) is 54.3 Å². The van der Waals surface area contributed by atoms with Crippen LogP contribution in [0.25, 0.3) is 10.4 Å². The molecule has 0 spiro atoms. The van der Waals surface area contributed by atoms with E-state index in [1.165, 1.54) is 16.5 Å². The lowest BCUT2D eigenvalue weighted by Gasteiger charge is -2.35. The number of aliphatic hydroxyl groups is 1. The fourth-order valence-electron chi connectivity index (χ4n) is 5.20. The lowest BCUT2D eigenvalue weighted by atomic mass is 9.85. The summed E-state index contributed by atoms with van der Waals surface area (Å²) < 4.78 is 5.54. The number of amides is 3. The molecular formula is C38H62N6O5S. The van der Waals surface area contributed by atoms with Crippen molar-refractivity contribution in [1.82, 2.24) is 30.7 Å². The summed E-state index contributed by atoms with van der Waals surface area (Å²) in [4.78, 5) is 45.1. The molecule has 11 nitrogen and oxygen atoms in total. The van der Waals surface area contributed by atoms with Gasteiger partial charge in [0.2, 0.25) is 18.2 Å². The van der Waals surface area contributed by atoms with E-state index < -0.39 is 6.04 Å². The highest BCUT2D eigenvalue weighted by molar-refractivity contribution is 7.13. The molecule has 2 aromatic rings. The summed E-state index contributed by atoms with van der Waals surface area (Å²) in [5, 5.41) is 17.3. The third kappa shape index (κ3) is 16.4. The molecule has 3 heterocycles. The molecule has 50 heavy (non-hydrogen) atoms. The average Bonchev–Trinajstić information content (AvgIpc) is 3.76. The van der Waals surface area contributed by atoms with Crippen LogP contribution in [0, 0.1) is 12.3 Å². The van der Waals surface area contributed by atoms with Crippen LogP contribution in [0.4, 0.5) is 0 Å². The zero-order chi connectivity index (χ0) is 37.5. The van der Waals surface area contributed by atoms with E-state index in [1.54, 1.807) is 24.3 Å². The zero-order valence-electron chi connectivity index (χ0n) is 31.6. The van der Waals surface area contributed by atoms with Crippen molar-refractivity contribution in [3.63, 3.8) is 0 Å². The number of carbonyl (C=O) groups excluding carboxylic acids is 3. The van der Waals surface area contributed by atoms with Gasteiger partial charge >= 0.3 is 0 Å². The Balaban J connectivity index is 0.000000440.